The third-order valence-corrected chi connectivity index (χ3v) is 5.24. The highest BCUT2D eigenvalue weighted by atomic mass is 32.2. The quantitative estimate of drug-likeness (QED) is 0.712. The van der Waals surface area contributed by atoms with Gasteiger partial charge in [0.2, 0.25) is 10.0 Å². The van der Waals surface area contributed by atoms with Gasteiger partial charge in [0, 0.05) is 13.1 Å². The monoisotopic (exact) mass is 264 g/mol. The van der Waals surface area contributed by atoms with Gasteiger partial charge in [-0.15, -0.1) is 0 Å². The lowest BCUT2D eigenvalue weighted by Crippen LogP contribution is -2.44. The summed E-state index contributed by atoms with van der Waals surface area (Å²) in [6.45, 7) is 11.8. The van der Waals surface area contributed by atoms with Crippen LogP contribution >= 0.6 is 0 Å². The molecule has 5 heteroatoms. The molecule has 0 spiro atoms. The molecule has 0 aliphatic rings. The molecular weight excluding hydrogens is 236 g/mol. The van der Waals surface area contributed by atoms with Gasteiger partial charge in [0.15, 0.2) is 0 Å². The number of sulfonamides is 1. The fourth-order valence-corrected chi connectivity index (χ4v) is 3.08. The minimum Gasteiger partial charge on any atom is -0.317 e. The zero-order valence-electron chi connectivity index (χ0n) is 12.1. The highest BCUT2D eigenvalue weighted by Crippen LogP contribution is 2.25. The molecule has 0 fully saturated rings. The Hall–Kier alpha value is -0.130. The van der Waals surface area contributed by atoms with E-state index in [0.29, 0.717) is 6.42 Å². The minimum absolute atomic E-state index is 0.00614. The molecule has 0 bridgehead atoms. The summed E-state index contributed by atoms with van der Waals surface area (Å²) in [6.07, 6.45) is 0.664. The molecule has 1 N–H and O–H groups in total. The second-order valence-electron chi connectivity index (χ2n) is 5.58. The molecule has 0 aromatic heterocycles. The van der Waals surface area contributed by atoms with Gasteiger partial charge in [-0.2, -0.15) is 0 Å². The van der Waals surface area contributed by atoms with Crippen LogP contribution < -0.4 is 5.32 Å². The van der Waals surface area contributed by atoms with E-state index in [9.17, 15) is 8.42 Å². The van der Waals surface area contributed by atoms with Gasteiger partial charge in [-0.1, -0.05) is 27.7 Å². The fourth-order valence-electron chi connectivity index (χ4n) is 1.49. The third-order valence-electron chi connectivity index (χ3n) is 3.24. The van der Waals surface area contributed by atoms with E-state index in [1.165, 1.54) is 4.31 Å². The molecule has 1 atom stereocenters. The van der Waals surface area contributed by atoms with Crippen molar-refractivity contribution >= 4 is 10.0 Å². The Morgan fingerprint density at radius 3 is 2.24 bits per heavy atom. The van der Waals surface area contributed by atoms with Crippen molar-refractivity contribution in [3.8, 4) is 0 Å². The summed E-state index contributed by atoms with van der Waals surface area (Å²) < 4.78 is 25.7. The Bertz CT molecular complexity index is 307. The summed E-state index contributed by atoms with van der Waals surface area (Å²) >= 11 is 0. The molecule has 0 aliphatic carbocycles. The van der Waals surface area contributed by atoms with Crippen LogP contribution in [0.15, 0.2) is 0 Å². The van der Waals surface area contributed by atoms with Crippen molar-refractivity contribution in [2.45, 2.75) is 47.1 Å². The van der Waals surface area contributed by atoms with Crippen LogP contribution in [0.2, 0.25) is 0 Å². The first-order chi connectivity index (χ1) is 7.63. The zero-order valence-corrected chi connectivity index (χ0v) is 12.9. The maximum absolute atomic E-state index is 12.1. The largest absolute Gasteiger partial charge is 0.317 e. The van der Waals surface area contributed by atoms with Gasteiger partial charge in [0.25, 0.3) is 0 Å². The molecule has 0 saturated carbocycles. The van der Waals surface area contributed by atoms with Crippen molar-refractivity contribution in [3.05, 3.63) is 0 Å². The molecule has 0 aromatic carbocycles. The molecule has 0 saturated heterocycles. The standard InChI is InChI=1S/C12H28N2O2S/c1-7-13-9-8-10-17(15,16)14(6)11(2)12(3,4)5/h11,13H,7-10H2,1-6H3. The van der Waals surface area contributed by atoms with Crippen molar-refractivity contribution in [1.82, 2.24) is 9.62 Å². The van der Waals surface area contributed by atoms with E-state index in [2.05, 4.69) is 26.1 Å². The van der Waals surface area contributed by atoms with E-state index in [4.69, 9.17) is 0 Å². The van der Waals surface area contributed by atoms with E-state index in [-0.39, 0.29) is 17.2 Å². The molecule has 0 rings (SSSR count). The lowest BCUT2D eigenvalue weighted by molar-refractivity contribution is 0.216. The molecular formula is C12H28N2O2S. The van der Waals surface area contributed by atoms with E-state index in [0.717, 1.165) is 13.1 Å². The first-order valence-electron chi connectivity index (χ1n) is 6.29. The summed E-state index contributed by atoms with van der Waals surface area (Å²) in [5.74, 6) is 0.219. The van der Waals surface area contributed by atoms with E-state index >= 15 is 0 Å². The predicted octanol–water partition coefficient (Wildman–Crippen LogP) is 1.68. The molecule has 0 aliphatic heterocycles. The Labute approximate surface area is 107 Å². The van der Waals surface area contributed by atoms with Crippen LogP contribution in [0.1, 0.15) is 41.0 Å². The Kier molecular flexibility index (Phi) is 6.66. The molecule has 0 aromatic rings. The number of nitrogens with zero attached hydrogens (tertiary/aromatic N) is 1. The van der Waals surface area contributed by atoms with Gasteiger partial charge >= 0.3 is 0 Å². The molecule has 17 heavy (non-hydrogen) atoms. The lowest BCUT2D eigenvalue weighted by atomic mass is 9.88. The number of hydrogen-bond acceptors (Lipinski definition) is 3. The third kappa shape index (κ3) is 5.84. The summed E-state index contributed by atoms with van der Waals surface area (Å²) in [5.41, 5.74) is -0.0382. The topological polar surface area (TPSA) is 49.4 Å². The van der Waals surface area contributed by atoms with Crippen molar-refractivity contribution in [2.24, 2.45) is 5.41 Å². The highest BCUT2D eigenvalue weighted by Gasteiger charge is 2.30. The van der Waals surface area contributed by atoms with Gasteiger partial charge < -0.3 is 5.32 Å². The summed E-state index contributed by atoms with van der Waals surface area (Å²) in [6, 6.07) is 0.00614. The Balaban J connectivity index is 4.40. The average Bonchev–Trinajstić information content (AvgIpc) is 2.21. The Morgan fingerprint density at radius 2 is 1.82 bits per heavy atom. The Morgan fingerprint density at radius 1 is 1.29 bits per heavy atom. The maximum atomic E-state index is 12.1. The second kappa shape index (κ2) is 6.71. The zero-order chi connectivity index (χ0) is 13.7. The van der Waals surface area contributed by atoms with Crippen LogP contribution in [-0.2, 0) is 10.0 Å². The first-order valence-corrected chi connectivity index (χ1v) is 7.90. The van der Waals surface area contributed by atoms with Crippen LogP contribution in [0, 0.1) is 5.41 Å². The molecule has 4 nitrogen and oxygen atoms in total. The van der Waals surface area contributed by atoms with Crippen molar-refractivity contribution in [1.29, 1.82) is 0 Å². The van der Waals surface area contributed by atoms with Crippen molar-refractivity contribution in [3.63, 3.8) is 0 Å². The first kappa shape index (κ1) is 16.9. The molecule has 0 amide bonds. The van der Waals surface area contributed by atoms with Crippen LogP contribution in [-0.4, -0.2) is 44.7 Å². The lowest BCUT2D eigenvalue weighted by Gasteiger charge is -2.34. The molecule has 0 radical (unpaired) electrons. The van der Waals surface area contributed by atoms with Gasteiger partial charge in [-0.25, -0.2) is 12.7 Å². The summed E-state index contributed by atoms with van der Waals surface area (Å²) in [4.78, 5) is 0. The van der Waals surface area contributed by atoms with E-state index in [1.807, 2.05) is 13.8 Å². The summed E-state index contributed by atoms with van der Waals surface area (Å²) in [5, 5.41) is 3.14. The highest BCUT2D eigenvalue weighted by molar-refractivity contribution is 7.89. The van der Waals surface area contributed by atoms with E-state index in [1.54, 1.807) is 7.05 Å². The molecule has 0 heterocycles. The van der Waals surface area contributed by atoms with Gasteiger partial charge in [-0.3, -0.25) is 0 Å². The van der Waals surface area contributed by atoms with Gasteiger partial charge in [0.1, 0.15) is 0 Å². The maximum Gasteiger partial charge on any atom is 0.214 e. The minimum atomic E-state index is -3.13. The fraction of sp³-hybridized carbons (Fsp3) is 1.00. The van der Waals surface area contributed by atoms with Gasteiger partial charge in [0.05, 0.1) is 5.75 Å². The van der Waals surface area contributed by atoms with Gasteiger partial charge in [-0.05, 0) is 31.8 Å². The van der Waals surface area contributed by atoms with Crippen LogP contribution in [0.4, 0.5) is 0 Å². The van der Waals surface area contributed by atoms with Crippen molar-refractivity contribution in [2.75, 3.05) is 25.9 Å². The SMILES string of the molecule is CCNCCCS(=O)(=O)N(C)C(C)C(C)(C)C. The molecule has 1 unspecified atom stereocenters. The second-order valence-corrected chi connectivity index (χ2v) is 7.73. The average molecular weight is 264 g/mol. The predicted molar refractivity (Wildman–Crippen MR) is 73.6 cm³/mol. The van der Waals surface area contributed by atoms with Crippen molar-refractivity contribution < 1.29 is 8.42 Å². The van der Waals surface area contributed by atoms with Crippen LogP contribution in [0.25, 0.3) is 0 Å². The smallest absolute Gasteiger partial charge is 0.214 e. The number of hydrogen-bond donors (Lipinski definition) is 1. The number of rotatable bonds is 7. The van der Waals surface area contributed by atoms with Crippen LogP contribution in [0.3, 0.4) is 0 Å². The molecule has 104 valence electrons. The summed E-state index contributed by atoms with van der Waals surface area (Å²) in [7, 11) is -1.45. The van der Waals surface area contributed by atoms with Crippen LogP contribution in [0.5, 0.6) is 0 Å². The normalized spacial score (nSPS) is 15.2. The number of nitrogens with one attached hydrogen (secondary N) is 1. The van der Waals surface area contributed by atoms with E-state index < -0.39 is 10.0 Å².